The summed E-state index contributed by atoms with van der Waals surface area (Å²) < 4.78 is 12.0. The Bertz CT molecular complexity index is 1310. The van der Waals surface area contributed by atoms with Crippen LogP contribution in [0.1, 0.15) is 43.4 Å². The van der Waals surface area contributed by atoms with Crippen molar-refractivity contribution in [3.63, 3.8) is 0 Å². The highest BCUT2D eigenvalue weighted by molar-refractivity contribution is 6.74. The first kappa shape index (κ1) is 28.2. The Morgan fingerprint density at radius 2 is 1.51 bits per heavy atom. The van der Waals surface area contributed by atoms with Gasteiger partial charge in [-0.05, 0) is 64.5 Å². The summed E-state index contributed by atoms with van der Waals surface area (Å²) in [4.78, 5) is 24.0. The van der Waals surface area contributed by atoms with Gasteiger partial charge in [-0.3, -0.25) is 0 Å². The molecule has 0 heterocycles. The molecule has 204 valence electrons. The van der Waals surface area contributed by atoms with Crippen LogP contribution in [0.3, 0.4) is 0 Å². The average Bonchev–Trinajstić information content (AvgIpc) is 3.20. The van der Waals surface area contributed by atoms with E-state index in [0.29, 0.717) is 6.42 Å². The lowest BCUT2D eigenvalue weighted by molar-refractivity contribution is -0.131. The molecule has 2 N–H and O–H groups in total. The van der Waals surface area contributed by atoms with Crippen molar-refractivity contribution in [3.8, 4) is 16.9 Å². The first-order valence-corrected chi connectivity index (χ1v) is 16.2. The summed E-state index contributed by atoms with van der Waals surface area (Å²) >= 11 is 0. The van der Waals surface area contributed by atoms with E-state index in [9.17, 15) is 9.59 Å². The Morgan fingerprint density at radius 1 is 0.949 bits per heavy atom. The minimum atomic E-state index is -1.96. The van der Waals surface area contributed by atoms with Crippen molar-refractivity contribution in [1.29, 1.82) is 0 Å². The van der Waals surface area contributed by atoms with Crippen LogP contribution in [0.25, 0.3) is 11.1 Å². The average molecular weight is 544 g/mol. The van der Waals surface area contributed by atoms with Crippen LogP contribution in [0, 0.1) is 0 Å². The molecule has 1 aliphatic carbocycles. The van der Waals surface area contributed by atoms with Crippen molar-refractivity contribution in [2.45, 2.75) is 57.3 Å². The molecule has 0 aromatic heterocycles. The first-order valence-electron chi connectivity index (χ1n) is 13.3. The number of rotatable bonds is 9. The van der Waals surface area contributed by atoms with E-state index < -0.39 is 26.4 Å². The van der Waals surface area contributed by atoms with Gasteiger partial charge >= 0.3 is 12.1 Å². The Kier molecular flexibility index (Phi) is 8.30. The predicted molar refractivity (Wildman–Crippen MR) is 157 cm³/mol. The molecule has 0 unspecified atom stereocenters. The number of carboxylic acids is 1. The van der Waals surface area contributed by atoms with E-state index in [1.165, 1.54) is 6.08 Å². The number of alkyl carbamates (subject to hydrolysis) is 1. The highest BCUT2D eigenvalue weighted by atomic mass is 28.4. The molecule has 1 atom stereocenters. The molecular weight excluding hydrogens is 506 g/mol. The van der Waals surface area contributed by atoms with Crippen LogP contribution in [-0.2, 0) is 16.0 Å². The Labute approximate surface area is 231 Å². The second-order valence-corrected chi connectivity index (χ2v) is 16.2. The zero-order valence-electron chi connectivity index (χ0n) is 23.2. The summed E-state index contributed by atoms with van der Waals surface area (Å²) in [5, 5.41) is 12.1. The third-order valence-corrected chi connectivity index (χ3v) is 12.0. The van der Waals surface area contributed by atoms with Crippen LogP contribution in [0.5, 0.6) is 5.75 Å². The van der Waals surface area contributed by atoms with Gasteiger partial charge < -0.3 is 19.6 Å². The van der Waals surface area contributed by atoms with E-state index in [1.807, 2.05) is 48.5 Å². The van der Waals surface area contributed by atoms with Gasteiger partial charge in [0.25, 0.3) is 0 Å². The highest BCUT2D eigenvalue weighted by Gasteiger charge is 2.39. The lowest BCUT2D eigenvalue weighted by atomic mass is 9.98. The fraction of sp³-hybridized carbons (Fsp3) is 0.312. The highest BCUT2D eigenvalue weighted by Crippen LogP contribution is 2.44. The van der Waals surface area contributed by atoms with Gasteiger partial charge in [-0.15, -0.1) is 0 Å². The second kappa shape index (κ2) is 11.5. The first-order chi connectivity index (χ1) is 18.4. The zero-order chi connectivity index (χ0) is 28.2. The number of hydrogen-bond acceptors (Lipinski definition) is 4. The van der Waals surface area contributed by atoms with E-state index in [2.05, 4.69) is 63.4 Å². The summed E-state index contributed by atoms with van der Waals surface area (Å²) in [7, 11) is -1.96. The third-order valence-electron chi connectivity index (χ3n) is 7.68. The van der Waals surface area contributed by atoms with Crippen LogP contribution in [-0.4, -0.2) is 38.1 Å². The van der Waals surface area contributed by atoms with Crippen molar-refractivity contribution >= 4 is 20.4 Å². The Balaban J connectivity index is 1.41. The molecule has 1 amide bonds. The minimum Gasteiger partial charge on any atom is -0.544 e. The van der Waals surface area contributed by atoms with Gasteiger partial charge in [0, 0.05) is 12.0 Å². The summed E-state index contributed by atoms with van der Waals surface area (Å²) in [6.07, 6.45) is 2.34. The summed E-state index contributed by atoms with van der Waals surface area (Å²) in [5.74, 6) is -0.315. The number of amides is 1. The number of ether oxygens (including phenoxy) is 1. The number of hydrogen-bond donors (Lipinski definition) is 2. The van der Waals surface area contributed by atoms with E-state index in [1.54, 1.807) is 0 Å². The van der Waals surface area contributed by atoms with Gasteiger partial charge in [-0.2, -0.15) is 0 Å². The van der Waals surface area contributed by atoms with Gasteiger partial charge in [-0.1, -0.05) is 87.5 Å². The SMILES string of the molecule is CC(C)(C)[Si](C)(C)Oc1ccc(C[C@@H](/C=C/C(=O)O)NC(=O)OCC2c3ccccc3-c3ccccc32)cc1. The molecule has 0 aliphatic heterocycles. The number of carboxylic acid groups (broad SMARTS) is 1. The number of fused-ring (bicyclic) bond motifs is 3. The summed E-state index contributed by atoms with van der Waals surface area (Å²) in [6, 6.07) is 23.5. The molecule has 0 saturated carbocycles. The lowest BCUT2D eigenvalue weighted by Crippen LogP contribution is -2.43. The van der Waals surface area contributed by atoms with Gasteiger partial charge in [0.05, 0.1) is 6.04 Å². The van der Waals surface area contributed by atoms with Gasteiger partial charge in [0.2, 0.25) is 8.32 Å². The summed E-state index contributed by atoms with van der Waals surface area (Å²) in [5.41, 5.74) is 5.52. The van der Waals surface area contributed by atoms with Crippen LogP contribution in [0.2, 0.25) is 18.1 Å². The molecule has 6 nitrogen and oxygen atoms in total. The second-order valence-electron chi connectivity index (χ2n) is 11.5. The predicted octanol–water partition coefficient (Wildman–Crippen LogP) is 7.16. The normalized spacial score (nSPS) is 14.0. The third kappa shape index (κ3) is 6.78. The van der Waals surface area contributed by atoms with Crippen molar-refractivity contribution in [1.82, 2.24) is 5.32 Å². The number of aliphatic carboxylic acids is 1. The monoisotopic (exact) mass is 543 g/mol. The maximum atomic E-state index is 12.8. The molecule has 0 fully saturated rings. The minimum absolute atomic E-state index is 0.0513. The zero-order valence-corrected chi connectivity index (χ0v) is 24.2. The Hall–Kier alpha value is -3.84. The van der Waals surface area contributed by atoms with Gasteiger partial charge in [0.15, 0.2) is 0 Å². The topological polar surface area (TPSA) is 84.9 Å². The number of carbonyl (C=O) groups is 2. The van der Waals surface area contributed by atoms with Gasteiger partial charge in [0.1, 0.15) is 12.4 Å². The molecular formula is C32H37NO5Si. The van der Waals surface area contributed by atoms with Crippen LogP contribution in [0.15, 0.2) is 84.9 Å². The van der Waals surface area contributed by atoms with Crippen molar-refractivity contribution in [2.24, 2.45) is 0 Å². The van der Waals surface area contributed by atoms with E-state index in [-0.39, 0.29) is 17.6 Å². The largest absolute Gasteiger partial charge is 0.544 e. The molecule has 39 heavy (non-hydrogen) atoms. The van der Waals surface area contributed by atoms with E-state index in [4.69, 9.17) is 14.3 Å². The van der Waals surface area contributed by atoms with E-state index >= 15 is 0 Å². The van der Waals surface area contributed by atoms with Crippen LogP contribution < -0.4 is 9.74 Å². The number of carbonyl (C=O) groups excluding carboxylic acids is 1. The van der Waals surface area contributed by atoms with E-state index in [0.717, 1.165) is 39.6 Å². The molecule has 0 saturated heterocycles. The fourth-order valence-electron chi connectivity index (χ4n) is 4.55. The number of benzene rings is 3. The van der Waals surface area contributed by atoms with Crippen molar-refractivity contribution < 1.29 is 23.9 Å². The maximum Gasteiger partial charge on any atom is 0.407 e. The van der Waals surface area contributed by atoms with Crippen molar-refractivity contribution in [3.05, 3.63) is 102 Å². The van der Waals surface area contributed by atoms with Crippen molar-refractivity contribution in [2.75, 3.05) is 6.61 Å². The smallest absolute Gasteiger partial charge is 0.407 e. The molecule has 7 heteroatoms. The molecule has 3 aromatic rings. The van der Waals surface area contributed by atoms with Crippen LogP contribution >= 0.6 is 0 Å². The molecule has 0 spiro atoms. The maximum absolute atomic E-state index is 12.8. The molecule has 4 rings (SSSR count). The quantitative estimate of drug-likeness (QED) is 0.221. The van der Waals surface area contributed by atoms with Gasteiger partial charge in [-0.25, -0.2) is 9.59 Å². The fourth-order valence-corrected chi connectivity index (χ4v) is 5.58. The lowest BCUT2D eigenvalue weighted by Gasteiger charge is -2.36. The number of nitrogens with one attached hydrogen (secondary N) is 1. The van der Waals surface area contributed by atoms with Crippen LogP contribution in [0.4, 0.5) is 4.79 Å². The summed E-state index contributed by atoms with van der Waals surface area (Å²) in [6.45, 7) is 11.2. The molecule has 0 bridgehead atoms. The molecule has 1 aliphatic rings. The molecule has 3 aromatic carbocycles. The standard InChI is InChI=1S/C32H37NO5Si/c1-32(2,3)39(4,5)38-24-17-14-22(15-18-24)20-23(16-19-30(34)35)33-31(36)37-21-29-27-12-8-6-10-25(27)26-11-7-9-13-28(26)29/h6-19,23,29H,20-21H2,1-5H3,(H,33,36)(H,34,35)/b19-16+/t23-/m1/s1. The molecule has 0 radical (unpaired) electrons. The Morgan fingerprint density at radius 3 is 2.05 bits per heavy atom.